The van der Waals surface area contributed by atoms with E-state index in [4.69, 9.17) is 11.6 Å². The fourth-order valence-corrected chi connectivity index (χ4v) is 1.45. The van der Waals surface area contributed by atoms with Crippen molar-refractivity contribution in [2.75, 3.05) is 0 Å². The van der Waals surface area contributed by atoms with Gasteiger partial charge in [-0.1, -0.05) is 0 Å². The molecule has 0 amide bonds. The van der Waals surface area contributed by atoms with Gasteiger partial charge >= 0.3 is 0 Å². The van der Waals surface area contributed by atoms with Crippen LogP contribution in [0.5, 0.6) is 0 Å². The first-order chi connectivity index (χ1) is 4.36. The van der Waals surface area contributed by atoms with Gasteiger partial charge in [-0.05, 0) is 13.3 Å². The fourth-order valence-electron chi connectivity index (χ4n) is 0.525. The summed E-state index contributed by atoms with van der Waals surface area (Å²) in [5.74, 6) is 0.519. The molecule has 0 bridgehead atoms. The highest BCUT2D eigenvalue weighted by Crippen LogP contribution is 2.11. The van der Waals surface area contributed by atoms with Gasteiger partial charge in [-0.3, -0.25) is 0 Å². The number of rotatable bonds is 2. The molecule has 0 aliphatic carbocycles. The summed E-state index contributed by atoms with van der Waals surface area (Å²) in [6, 6.07) is 0. The van der Waals surface area contributed by atoms with Crippen LogP contribution >= 0.6 is 22.9 Å². The van der Waals surface area contributed by atoms with E-state index in [1.807, 2.05) is 5.38 Å². The van der Waals surface area contributed by atoms with E-state index in [0.29, 0.717) is 5.88 Å². The maximum atomic E-state index is 5.52. The molecule has 0 atom stereocenters. The summed E-state index contributed by atoms with van der Waals surface area (Å²) in [6.45, 7) is 3.70. The lowest BCUT2D eigenvalue weighted by molar-refractivity contribution is 1.11. The molecule has 0 saturated heterocycles. The Morgan fingerprint density at radius 1 is 1.78 bits per heavy atom. The zero-order valence-corrected chi connectivity index (χ0v) is 6.50. The van der Waals surface area contributed by atoms with E-state index in [0.717, 1.165) is 17.1 Å². The van der Waals surface area contributed by atoms with Crippen LogP contribution in [-0.4, -0.2) is 4.98 Å². The van der Waals surface area contributed by atoms with Crippen LogP contribution in [0.2, 0.25) is 0 Å². The van der Waals surface area contributed by atoms with Crippen molar-refractivity contribution in [2.45, 2.75) is 12.3 Å². The molecule has 1 heterocycles. The minimum Gasteiger partial charge on any atom is -0.245 e. The normalized spacial score (nSPS) is 10.0. The quantitative estimate of drug-likeness (QED) is 0.605. The summed E-state index contributed by atoms with van der Waals surface area (Å²) in [7, 11) is 0. The van der Waals surface area contributed by atoms with E-state index in [1.54, 1.807) is 11.3 Å². The van der Waals surface area contributed by atoms with Gasteiger partial charge in [0.15, 0.2) is 0 Å². The van der Waals surface area contributed by atoms with Gasteiger partial charge in [0.25, 0.3) is 0 Å². The van der Waals surface area contributed by atoms with Gasteiger partial charge in [0.2, 0.25) is 0 Å². The molecule has 0 aliphatic heterocycles. The molecule has 9 heavy (non-hydrogen) atoms. The van der Waals surface area contributed by atoms with Crippen molar-refractivity contribution in [2.24, 2.45) is 0 Å². The predicted octanol–water partition coefficient (Wildman–Crippen LogP) is 2.26. The maximum absolute atomic E-state index is 5.52. The van der Waals surface area contributed by atoms with Gasteiger partial charge < -0.3 is 0 Å². The third-order valence-electron chi connectivity index (χ3n) is 0.970. The molecular formula is C6H7ClNS. The van der Waals surface area contributed by atoms with E-state index >= 15 is 0 Å². The van der Waals surface area contributed by atoms with E-state index in [-0.39, 0.29) is 0 Å². The molecule has 1 nitrogen and oxygen atoms in total. The number of hydrogen-bond acceptors (Lipinski definition) is 2. The van der Waals surface area contributed by atoms with E-state index in [1.165, 1.54) is 0 Å². The van der Waals surface area contributed by atoms with Crippen molar-refractivity contribution >= 4 is 22.9 Å². The number of thiazole rings is 1. The molecule has 49 valence electrons. The Morgan fingerprint density at radius 2 is 2.56 bits per heavy atom. The molecule has 0 spiro atoms. The molecule has 0 saturated carbocycles. The number of alkyl halides is 1. The zero-order valence-electron chi connectivity index (χ0n) is 4.93. The Bertz CT molecular complexity index is 166. The van der Waals surface area contributed by atoms with Gasteiger partial charge in [0, 0.05) is 5.38 Å². The Balaban J connectivity index is 2.74. The molecular weight excluding hydrogens is 154 g/mol. The van der Waals surface area contributed by atoms with Crippen LogP contribution in [0.1, 0.15) is 10.7 Å². The van der Waals surface area contributed by atoms with Crippen molar-refractivity contribution in [3.8, 4) is 0 Å². The van der Waals surface area contributed by atoms with Crippen LogP contribution in [0.3, 0.4) is 0 Å². The molecule has 1 aromatic rings. The molecule has 0 fully saturated rings. The monoisotopic (exact) mass is 160 g/mol. The molecule has 0 N–H and O–H groups in total. The lowest BCUT2D eigenvalue weighted by Gasteiger charge is -1.82. The predicted molar refractivity (Wildman–Crippen MR) is 40.7 cm³/mol. The second-order valence-electron chi connectivity index (χ2n) is 1.62. The van der Waals surface area contributed by atoms with Gasteiger partial charge in [0.05, 0.1) is 11.6 Å². The van der Waals surface area contributed by atoms with Crippen molar-refractivity contribution in [1.29, 1.82) is 0 Å². The summed E-state index contributed by atoms with van der Waals surface area (Å²) < 4.78 is 0. The molecule has 3 heteroatoms. The highest BCUT2D eigenvalue weighted by atomic mass is 35.5. The summed E-state index contributed by atoms with van der Waals surface area (Å²) in [5.41, 5.74) is 1.04. The minimum absolute atomic E-state index is 0.519. The molecule has 1 radical (unpaired) electrons. The lowest BCUT2D eigenvalue weighted by atomic mass is 10.4. The highest BCUT2D eigenvalue weighted by molar-refractivity contribution is 7.09. The number of aromatic nitrogens is 1. The molecule has 0 unspecified atom stereocenters. The zero-order chi connectivity index (χ0) is 6.69. The summed E-state index contributed by atoms with van der Waals surface area (Å²) in [6.07, 6.45) is 0.757. The Morgan fingerprint density at radius 3 is 2.89 bits per heavy atom. The lowest BCUT2D eigenvalue weighted by Crippen LogP contribution is -1.79. The Labute approximate surface area is 63.7 Å². The third kappa shape index (κ3) is 1.66. The van der Waals surface area contributed by atoms with Gasteiger partial charge in [-0.25, -0.2) is 4.98 Å². The first-order valence-corrected chi connectivity index (χ1v) is 4.06. The van der Waals surface area contributed by atoms with Crippen molar-refractivity contribution < 1.29 is 0 Å². The second kappa shape index (κ2) is 3.18. The summed E-state index contributed by atoms with van der Waals surface area (Å²) in [5, 5.41) is 2.97. The van der Waals surface area contributed by atoms with Crippen LogP contribution in [0.4, 0.5) is 0 Å². The molecule has 0 aliphatic rings. The summed E-state index contributed by atoms with van der Waals surface area (Å²) in [4.78, 5) is 4.17. The van der Waals surface area contributed by atoms with E-state index in [2.05, 4.69) is 11.9 Å². The molecule has 1 rings (SSSR count). The Hall–Kier alpha value is -0.0800. The number of hydrogen-bond donors (Lipinski definition) is 0. The maximum Gasteiger partial charge on any atom is 0.108 e. The van der Waals surface area contributed by atoms with Crippen molar-refractivity contribution in [1.82, 2.24) is 4.98 Å². The largest absolute Gasteiger partial charge is 0.245 e. The minimum atomic E-state index is 0.519. The van der Waals surface area contributed by atoms with E-state index < -0.39 is 0 Å². The fraction of sp³-hybridized carbons (Fsp3) is 0.333. The summed E-state index contributed by atoms with van der Waals surface area (Å²) >= 11 is 7.12. The van der Waals surface area contributed by atoms with Crippen molar-refractivity contribution in [3.63, 3.8) is 0 Å². The first kappa shape index (κ1) is 7.03. The van der Waals surface area contributed by atoms with Crippen molar-refractivity contribution in [3.05, 3.63) is 23.0 Å². The van der Waals surface area contributed by atoms with Crippen LogP contribution in [0.25, 0.3) is 0 Å². The van der Waals surface area contributed by atoms with Crippen LogP contribution < -0.4 is 0 Å². The standard InChI is InChI=1S/C6H7ClNS/c1-2-5-4-9-6(3-7)8-5/h4H,1-3H2. The number of halogens is 1. The van der Waals surface area contributed by atoms with Gasteiger partial charge in [-0.2, -0.15) is 0 Å². The molecule has 0 aromatic carbocycles. The van der Waals surface area contributed by atoms with Crippen LogP contribution in [0.15, 0.2) is 5.38 Å². The third-order valence-corrected chi connectivity index (χ3v) is 2.28. The SMILES string of the molecule is [CH2]Cc1csc(CCl)n1. The van der Waals surface area contributed by atoms with E-state index in [9.17, 15) is 0 Å². The number of nitrogens with zero attached hydrogens (tertiary/aromatic N) is 1. The second-order valence-corrected chi connectivity index (χ2v) is 2.83. The Kier molecular flexibility index (Phi) is 2.49. The average molecular weight is 161 g/mol. The topological polar surface area (TPSA) is 12.9 Å². The average Bonchev–Trinajstić information content (AvgIpc) is 2.34. The van der Waals surface area contributed by atoms with Crippen LogP contribution in [-0.2, 0) is 12.3 Å². The van der Waals surface area contributed by atoms with Gasteiger partial charge in [-0.15, -0.1) is 22.9 Å². The van der Waals surface area contributed by atoms with Gasteiger partial charge in [0.1, 0.15) is 5.01 Å². The molecule has 1 aromatic heterocycles. The van der Waals surface area contributed by atoms with Crippen LogP contribution in [0, 0.1) is 6.92 Å². The highest BCUT2D eigenvalue weighted by Gasteiger charge is 1.96. The first-order valence-electron chi connectivity index (χ1n) is 2.65. The smallest absolute Gasteiger partial charge is 0.108 e.